The molecule has 0 radical (unpaired) electrons. The molecule has 0 spiro atoms. The number of hydrogen-bond donors (Lipinski definition) is 4. The van der Waals surface area contributed by atoms with Crippen LogP contribution in [0.15, 0.2) is 77.7 Å². The Labute approximate surface area is 216 Å². The molecule has 8 nitrogen and oxygen atoms in total. The molecule has 0 aromatic heterocycles. The standard InChI is InChI=1S/C27H31FN2O6S/c1-18(2)16-30(37(35,36)24-10-8-21(28)9-11-24)17-26(33)25(12-19-6-4-3-5-7-19)29-27(34)20-13-22(31)15-23(32)14-20/h3-11,13-15,18,25-26,31-33H,12,16-17H2,1-2H3,(H,29,34)/t25-,26+/m0/s1. The van der Waals surface area contributed by atoms with Crippen molar-refractivity contribution in [3.63, 3.8) is 0 Å². The summed E-state index contributed by atoms with van der Waals surface area (Å²) in [6, 6.07) is 16.0. The minimum absolute atomic E-state index is 0.0271. The molecular weight excluding hydrogens is 499 g/mol. The lowest BCUT2D eigenvalue weighted by Crippen LogP contribution is -2.51. The van der Waals surface area contributed by atoms with Gasteiger partial charge in [0.1, 0.15) is 17.3 Å². The van der Waals surface area contributed by atoms with E-state index in [4.69, 9.17) is 0 Å². The number of carbonyl (C=O) groups is 1. The number of halogens is 1. The number of aliphatic hydroxyl groups excluding tert-OH is 1. The maximum absolute atomic E-state index is 13.4. The van der Waals surface area contributed by atoms with Crippen molar-refractivity contribution in [1.82, 2.24) is 9.62 Å². The van der Waals surface area contributed by atoms with Crippen molar-refractivity contribution >= 4 is 15.9 Å². The summed E-state index contributed by atoms with van der Waals surface area (Å²) in [7, 11) is -4.08. The van der Waals surface area contributed by atoms with Gasteiger partial charge in [-0.2, -0.15) is 4.31 Å². The van der Waals surface area contributed by atoms with Crippen molar-refractivity contribution in [3.8, 4) is 11.5 Å². The van der Waals surface area contributed by atoms with Crippen molar-refractivity contribution in [2.75, 3.05) is 13.1 Å². The second-order valence-electron chi connectivity index (χ2n) is 9.24. The smallest absolute Gasteiger partial charge is 0.251 e. The molecule has 0 fully saturated rings. The van der Waals surface area contributed by atoms with Gasteiger partial charge < -0.3 is 20.6 Å². The number of benzene rings is 3. The SMILES string of the molecule is CC(C)CN(C[C@@H](O)[C@H](Cc1ccccc1)NC(=O)c1cc(O)cc(O)c1)S(=O)(=O)c1ccc(F)cc1. The maximum Gasteiger partial charge on any atom is 0.251 e. The Morgan fingerprint density at radius 3 is 2.11 bits per heavy atom. The Morgan fingerprint density at radius 1 is 0.946 bits per heavy atom. The van der Waals surface area contributed by atoms with E-state index in [1.54, 1.807) is 12.1 Å². The summed E-state index contributed by atoms with van der Waals surface area (Å²) in [4.78, 5) is 12.8. The molecular formula is C27H31FN2O6S. The number of aromatic hydroxyl groups is 2. The lowest BCUT2D eigenvalue weighted by molar-refractivity contribution is 0.0775. The molecule has 3 aromatic carbocycles. The molecule has 0 aliphatic heterocycles. The number of sulfonamides is 1. The summed E-state index contributed by atoms with van der Waals surface area (Å²) in [5, 5.41) is 33.5. The van der Waals surface area contributed by atoms with Gasteiger partial charge in [0.05, 0.1) is 17.0 Å². The zero-order valence-corrected chi connectivity index (χ0v) is 21.4. The maximum atomic E-state index is 13.4. The van der Waals surface area contributed by atoms with Gasteiger partial charge >= 0.3 is 0 Å². The van der Waals surface area contributed by atoms with E-state index in [-0.39, 0.29) is 47.4 Å². The van der Waals surface area contributed by atoms with Gasteiger partial charge in [-0.05, 0) is 54.3 Å². The summed E-state index contributed by atoms with van der Waals surface area (Å²) >= 11 is 0. The van der Waals surface area contributed by atoms with Crippen molar-refractivity contribution in [2.24, 2.45) is 5.92 Å². The lowest BCUT2D eigenvalue weighted by atomic mass is 10.00. The van der Waals surface area contributed by atoms with E-state index in [9.17, 15) is 32.9 Å². The predicted octanol–water partition coefficient (Wildman–Crippen LogP) is 3.29. The quantitative estimate of drug-likeness (QED) is 0.301. The van der Waals surface area contributed by atoms with Gasteiger partial charge in [0.25, 0.3) is 5.91 Å². The number of nitrogens with zero attached hydrogens (tertiary/aromatic N) is 1. The van der Waals surface area contributed by atoms with Gasteiger partial charge in [-0.15, -0.1) is 0 Å². The first-order valence-electron chi connectivity index (χ1n) is 11.8. The van der Waals surface area contributed by atoms with E-state index in [2.05, 4.69) is 5.32 Å². The van der Waals surface area contributed by atoms with Gasteiger partial charge in [0.15, 0.2) is 0 Å². The van der Waals surface area contributed by atoms with Gasteiger partial charge in [0, 0.05) is 24.7 Å². The van der Waals surface area contributed by atoms with Gasteiger partial charge in [-0.3, -0.25) is 4.79 Å². The second kappa shape index (κ2) is 12.2. The lowest BCUT2D eigenvalue weighted by Gasteiger charge is -2.30. The second-order valence-corrected chi connectivity index (χ2v) is 11.2. The number of phenols is 2. The van der Waals surface area contributed by atoms with Crippen molar-refractivity contribution in [3.05, 3.63) is 89.7 Å². The van der Waals surface area contributed by atoms with Gasteiger partial charge in [-0.25, -0.2) is 12.8 Å². The topological polar surface area (TPSA) is 127 Å². The van der Waals surface area contributed by atoms with E-state index in [1.165, 1.54) is 24.3 Å². The Balaban J connectivity index is 1.90. The highest BCUT2D eigenvalue weighted by Crippen LogP contribution is 2.22. The largest absolute Gasteiger partial charge is 0.508 e. The van der Waals surface area contributed by atoms with Crippen LogP contribution >= 0.6 is 0 Å². The summed E-state index contributed by atoms with van der Waals surface area (Å²) in [5.41, 5.74) is 0.767. The van der Waals surface area contributed by atoms with E-state index in [0.29, 0.717) is 0 Å². The highest BCUT2D eigenvalue weighted by atomic mass is 32.2. The molecule has 3 rings (SSSR count). The molecule has 10 heteroatoms. The monoisotopic (exact) mass is 530 g/mol. The molecule has 0 bridgehead atoms. The molecule has 0 unspecified atom stereocenters. The number of rotatable bonds is 11. The van der Waals surface area contributed by atoms with Crippen LogP contribution < -0.4 is 5.32 Å². The molecule has 2 atom stereocenters. The number of nitrogens with one attached hydrogen (secondary N) is 1. The van der Waals surface area contributed by atoms with Crippen LogP contribution in [0.1, 0.15) is 29.8 Å². The molecule has 0 aliphatic carbocycles. The Hall–Kier alpha value is -3.47. The molecule has 37 heavy (non-hydrogen) atoms. The van der Waals surface area contributed by atoms with E-state index >= 15 is 0 Å². The first-order chi connectivity index (χ1) is 17.5. The summed E-state index contributed by atoms with van der Waals surface area (Å²) in [6.45, 7) is 3.42. The molecule has 0 saturated carbocycles. The molecule has 4 N–H and O–H groups in total. The van der Waals surface area contributed by atoms with Crippen molar-refractivity contribution in [2.45, 2.75) is 37.3 Å². The molecule has 1 amide bonds. The first-order valence-corrected chi connectivity index (χ1v) is 13.2. The van der Waals surface area contributed by atoms with Crippen LogP contribution in [0.5, 0.6) is 11.5 Å². The summed E-state index contributed by atoms with van der Waals surface area (Å²) < 4.78 is 41.3. The highest BCUT2D eigenvalue weighted by Gasteiger charge is 2.31. The van der Waals surface area contributed by atoms with Crippen LogP contribution in [0.25, 0.3) is 0 Å². The number of carbonyl (C=O) groups excluding carboxylic acids is 1. The summed E-state index contributed by atoms with van der Waals surface area (Å²) in [5.74, 6) is -1.93. The number of aliphatic hydroxyl groups is 1. The zero-order chi connectivity index (χ0) is 27.2. The minimum atomic E-state index is -4.08. The number of phenolic OH excluding ortho intramolecular Hbond substituents is 2. The fourth-order valence-electron chi connectivity index (χ4n) is 3.90. The van der Waals surface area contributed by atoms with Crippen LogP contribution in [0.2, 0.25) is 0 Å². The fourth-order valence-corrected chi connectivity index (χ4v) is 5.52. The molecule has 198 valence electrons. The third-order valence-corrected chi connectivity index (χ3v) is 7.50. The van der Waals surface area contributed by atoms with Crippen LogP contribution in [-0.4, -0.2) is 59.2 Å². The van der Waals surface area contributed by atoms with E-state index in [0.717, 1.165) is 28.1 Å². The van der Waals surface area contributed by atoms with E-state index < -0.39 is 33.9 Å². The molecule has 3 aromatic rings. The van der Waals surface area contributed by atoms with Gasteiger partial charge in [-0.1, -0.05) is 44.2 Å². The third-order valence-electron chi connectivity index (χ3n) is 5.66. The van der Waals surface area contributed by atoms with Crippen LogP contribution in [0.4, 0.5) is 4.39 Å². The van der Waals surface area contributed by atoms with Crippen LogP contribution in [0.3, 0.4) is 0 Å². The normalized spacial score (nSPS) is 13.5. The zero-order valence-electron chi connectivity index (χ0n) is 20.6. The van der Waals surface area contributed by atoms with Crippen molar-refractivity contribution < 1.29 is 32.9 Å². The Morgan fingerprint density at radius 2 is 1.54 bits per heavy atom. The fraction of sp³-hybridized carbons (Fsp3) is 0.296. The predicted molar refractivity (Wildman–Crippen MR) is 137 cm³/mol. The molecule has 0 heterocycles. The number of amides is 1. The third kappa shape index (κ3) is 7.75. The van der Waals surface area contributed by atoms with Crippen LogP contribution in [0, 0.1) is 11.7 Å². The Bertz CT molecular complexity index is 1280. The number of hydrogen-bond acceptors (Lipinski definition) is 6. The Kier molecular flexibility index (Phi) is 9.25. The van der Waals surface area contributed by atoms with Gasteiger partial charge in [0.2, 0.25) is 10.0 Å². The van der Waals surface area contributed by atoms with Crippen LogP contribution in [-0.2, 0) is 16.4 Å². The summed E-state index contributed by atoms with van der Waals surface area (Å²) in [6.07, 6.45) is -1.14. The molecule has 0 aliphatic rings. The highest BCUT2D eigenvalue weighted by molar-refractivity contribution is 7.89. The average Bonchev–Trinajstić information content (AvgIpc) is 2.83. The first kappa shape index (κ1) is 28.1. The van der Waals surface area contributed by atoms with E-state index in [1.807, 2.05) is 32.0 Å². The molecule has 0 saturated heterocycles. The minimum Gasteiger partial charge on any atom is -0.508 e. The van der Waals surface area contributed by atoms with Crippen molar-refractivity contribution in [1.29, 1.82) is 0 Å². The average molecular weight is 531 g/mol.